The third kappa shape index (κ3) is 3.23. The average molecular weight is 355 g/mol. The molecule has 0 bridgehead atoms. The van der Waals surface area contributed by atoms with Crippen LogP contribution < -0.4 is 0 Å². The summed E-state index contributed by atoms with van der Waals surface area (Å²) in [6.45, 7) is 0.408. The largest absolute Gasteiger partial charge is 0.507 e. The van der Waals surface area contributed by atoms with Crippen molar-refractivity contribution >= 4 is 17.4 Å². The maximum atomic E-state index is 13.3. The molecule has 26 heavy (non-hydrogen) atoms. The van der Waals surface area contributed by atoms with Gasteiger partial charge in [0.25, 0.3) is 11.7 Å². The van der Waals surface area contributed by atoms with Crippen LogP contribution >= 0.6 is 0 Å². The predicted octanol–water partition coefficient (Wildman–Crippen LogP) is 2.89. The molecule has 0 radical (unpaired) electrons. The number of hydrogen-bond acceptors (Lipinski definition) is 4. The van der Waals surface area contributed by atoms with Crippen molar-refractivity contribution in [1.29, 1.82) is 0 Å². The lowest BCUT2D eigenvalue weighted by molar-refractivity contribution is -0.140. The normalized spacial score (nSPS) is 19.2. The number of hydrogen-bond donors (Lipinski definition) is 1. The summed E-state index contributed by atoms with van der Waals surface area (Å²) < 4.78 is 18.3. The van der Waals surface area contributed by atoms with Crippen molar-refractivity contribution in [2.45, 2.75) is 6.04 Å². The number of ether oxygens (including phenoxy) is 1. The van der Waals surface area contributed by atoms with Crippen LogP contribution in [-0.4, -0.2) is 42.0 Å². The van der Waals surface area contributed by atoms with Crippen molar-refractivity contribution in [3.05, 3.63) is 77.1 Å². The topological polar surface area (TPSA) is 66.8 Å². The van der Waals surface area contributed by atoms with E-state index in [1.54, 1.807) is 30.3 Å². The molecule has 1 atom stereocenters. The molecule has 1 N–H and O–H groups in total. The van der Waals surface area contributed by atoms with E-state index in [1.165, 1.54) is 36.3 Å². The van der Waals surface area contributed by atoms with Gasteiger partial charge < -0.3 is 14.7 Å². The fraction of sp³-hybridized carbons (Fsp3) is 0.200. The molecular weight excluding hydrogens is 337 g/mol. The lowest BCUT2D eigenvalue weighted by atomic mass is 9.95. The number of nitrogens with zero attached hydrogens (tertiary/aromatic N) is 1. The smallest absolute Gasteiger partial charge is 0.295 e. The van der Waals surface area contributed by atoms with E-state index in [4.69, 9.17) is 4.74 Å². The van der Waals surface area contributed by atoms with Crippen LogP contribution in [0.2, 0.25) is 0 Å². The van der Waals surface area contributed by atoms with E-state index < -0.39 is 23.5 Å². The van der Waals surface area contributed by atoms with Crippen LogP contribution in [0, 0.1) is 5.82 Å². The molecule has 0 aromatic heterocycles. The summed E-state index contributed by atoms with van der Waals surface area (Å²) in [5.41, 5.74) is 0.965. The molecule has 0 aliphatic carbocycles. The second kappa shape index (κ2) is 7.49. The summed E-state index contributed by atoms with van der Waals surface area (Å²) in [6.07, 6.45) is 0. The Morgan fingerprint density at radius 3 is 2.38 bits per heavy atom. The summed E-state index contributed by atoms with van der Waals surface area (Å²) >= 11 is 0. The van der Waals surface area contributed by atoms with Gasteiger partial charge in [-0.05, 0) is 17.7 Å². The van der Waals surface area contributed by atoms with Gasteiger partial charge in [0.2, 0.25) is 0 Å². The first kappa shape index (κ1) is 17.8. The van der Waals surface area contributed by atoms with Crippen LogP contribution in [0.25, 0.3) is 5.76 Å². The van der Waals surface area contributed by atoms with E-state index in [2.05, 4.69) is 0 Å². The zero-order valence-electron chi connectivity index (χ0n) is 14.2. The van der Waals surface area contributed by atoms with E-state index in [1.807, 2.05) is 0 Å². The SMILES string of the molecule is COCCN1C(=O)C(=O)C(=C(O)c2ccccc2)[C@@H]1c1ccc(F)cc1. The maximum absolute atomic E-state index is 13.3. The van der Waals surface area contributed by atoms with Gasteiger partial charge in [0, 0.05) is 19.2 Å². The molecule has 2 aromatic rings. The molecule has 3 rings (SSSR count). The number of amides is 1. The molecule has 5 nitrogen and oxygen atoms in total. The number of likely N-dealkylation sites (tertiary alicyclic amines) is 1. The summed E-state index contributed by atoms with van der Waals surface area (Å²) in [7, 11) is 1.49. The quantitative estimate of drug-likeness (QED) is 0.509. The second-order valence-corrected chi connectivity index (χ2v) is 5.90. The highest BCUT2D eigenvalue weighted by Gasteiger charge is 2.45. The van der Waals surface area contributed by atoms with Crippen molar-refractivity contribution in [1.82, 2.24) is 4.90 Å². The van der Waals surface area contributed by atoms with Crippen molar-refractivity contribution in [3.8, 4) is 0 Å². The van der Waals surface area contributed by atoms with Gasteiger partial charge >= 0.3 is 0 Å². The number of halogens is 1. The Balaban J connectivity index is 2.15. The van der Waals surface area contributed by atoms with Gasteiger partial charge in [0.15, 0.2) is 0 Å². The number of rotatable bonds is 5. The lowest BCUT2D eigenvalue weighted by Crippen LogP contribution is -2.32. The minimum Gasteiger partial charge on any atom is -0.507 e. The molecule has 1 fully saturated rings. The molecule has 6 heteroatoms. The Kier molecular flexibility index (Phi) is 5.14. The van der Waals surface area contributed by atoms with Crippen LogP contribution in [0.15, 0.2) is 60.2 Å². The molecule has 1 heterocycles. The van der Waals surface area contributed by atoms with E-state index >= 15 is 0 Å². The van der Waals surface area contributed by atoms with Crippen LogP contribution in [-0.2, 0) is 14.3 Å². The van der Waals surface area contributed by atoms with Crippen LogP contribution in [0.3, 0.4) is 0 Å². The van der Waals surface area contributed by atoms with Crippen molar-refractivity contribution in [2.75, 3.05) is 20.3 Å². The van der Waals surface area contributed by atoms with Gasteiger partial charge in [-0.2, -0.15) is 0 Å². The molecule has 0 saturated carbocycles. The molecule has 1 amide bonds. The van der Waals surface area contributed by atoms with Gasteiger partial charge in [-0.25, -0.2) is 4.39 Å². The predicted molar refractivity (Wildman–Crippen MR) is 93.7 cm³/mol. The van der Waals surface area contributed by atoms with Crippen molar-refractivity contribution in [3.63, 3.8) is 0 Å². The number of aliphatic hydroxyl groups is 1. The summed E-state index contributed by atoms with van der Waals surface area (Å²) in [5.74, 6) is -2.16. The van der Waals surface area contributed by atoms with Crippen LogP contribution in [0.1, 0.15) is 17.2 Å². The summed E-state index contributed by atoms with van der Waals surface area (Å²) in [5, 5.41) is 10.7. The number of benzene rings is 2. The molecule has 0 unspecified atom stereocenters. The zero-order valence-corrected chi connectivity index (χ0v) is 14.2. The molecule has 0 spiro atoms. The molecular formula is C20H18FNO4. The molecule has 1 aliphatic heterocycles. The number of ketones is 1. The van der Waals surface area contributed by atoms with E-state index in [0.717, 1.165) is 0 Å². The third-order valence-corrected chi connectivity index (χ3v) is 4.31. The van der Waals surface area contributed by atoms with Crippen molar-refractivity contribution < 1.29 is 23.8 Å². The average Bonchev–Trinajstić information content (AvgIpc) is 2.91. The Hall–Kier alpha value is -2.99. The monoisotopic (exact) mass is 355 g/mol. The standard InChI is InChI=1S/C20H18FNO4/c1-26-12-11-22-17(13-7-9-15(21)10-8-13)16(19(24)20(22)25)18(23)14-5-3-2-4-6-14/h2-10,17,23H,11-12H2,1H3/t17-/m0/s1. The molecule has 1 saturated heterocycles. The number of carbonyl (C=O) groups excluding carboxylic acids is 2. The third-order valence-electron chi connectivity index (χ3n) is 4.31. The number of carbonyl (C=O) groups is 2. The summed E-state index contributed by atoms with van der Waals surface area (Å²) in [6, 6.07) is 13.3. The fourth-order valence-electron chi connectivity index (χ4n) is 3.04. The first-order valence-corrected chi connectivity index (χ1v) is 8.13. The molecule has 1 aliphatic rings. The number of methoxy groups -OCH3 is 1. The van der Waals surface area contributed by atoms with E-state index in [0.29, 0.717) is 11.1 Å². The first-order chi connectivity index (χ1) is 12.5. The Morgan fingerprint density at radius 2 is 1.77 bits per heavy atom. The van der Waals surface area contributed by atoms with Gasteiger partial charge in [-0.1, -0.05) is 42.5 Å². The highest BCUT2D eigenvalue weighted by molar-refractivity contribution is 6.46. The minimum absolute atomic E-state index is 0.0103. The van der Waals surface area contributed by atoms with Crippen LogP contribution in [0.4, 0.5) is 4.39 Å². The lowest BCUT2D eigenvalue weighted by Gasteiger charge is -2.25. The van der Waals surface area contributed by atoms with Crippen LogP contribution in [0.5, 0.6) is 0 Å². The van der Waals surface area contributed by atoms with Gasteiger partial charge in [0.05, 0.1) is 18.2 Å². The van der Waals surface area contributed by atoms with Gasteiger partial charge in [-0.15, -0.1) is 0 Å². The minimum atomic E-state index is -0.800. The number of Topliss-reactive ketones (excluding diaryl/α,β-unsaturated/α-hetero) is 1. The van der Waals surface area contributed by atoms with Crippen molar-refractivity contribution in [2.24, 2.45) is 0 Å². The van der Waals surface area contributed by atoms with E-state index in [9.17, 15) is 19.1 Å². The molecule has 2 aromatic carbocycles. The maximum Gasteiger partial charge on any atom is 0.295 e. The molecule has 134 valence electrons. The Morgan fingerprint density at radius 1 is 1.12 bits per heavy atom. The first-order valence-electron chi connectivity index (χ1n) is 8.13. The fourth-order valence-corrected chi connectivity index (χ4v) is 3.04. The Bertz CT molecular complexity index is 846. The van der Waals surface area contributed by atoms with Gasteiger partial charge in [-0.3, -0.25) is 9.59 Å². The zero-order chi connectivity index (χ0) is 18.7. The Labute approximate surface area is 150 Å². The number of aliphatic hydroxyl groups excluding tert-OH is 1. The summed E-state index contributed by atoms with van der Waals surface area (Å²) in [4.78, 5) is 26.5. The second-order valence-electron chi connectivity index (χ2n) is 5.90. The highest BCUT2D eigenvalue weighted by atomic mass is 19.1. The highest BCUT2D eigenvalue weighted by Crippen LogP contribution is 2.39. The van der Waals surface area contributed by atoms with Gasteiger partial charge in [0.1, 0.15) is 11.6 Å². The van der Waals surface area contributed by atoms with E-state index in [-0.39, 0.29) is 24.5 Å².